The Morgan fingerprint density at radius 2 is 2.30 bits per heavy atom. The van der Waals surface area contributed by atoms with Crippen LogP contribution in [0.15, 0.2) is 35.5 Å². The summed E-state index contributed by atoms with van der Waals surface area (Å²) in [6.07, 6.45) is 2.39. The Morgan fingerprint density at radius 1 is 1.57 bits per heavy atom. The number of amides is 1. The van der Waals surface area contributed by atoms with Crippen molar-refractivity contribution in [3.05, 3.63) is 46.9 Å². The minimum absolute atomic E-state index is 0.137. The van der Waals surface area contributed by atoms with Gasteiger partial charge in [0, 0.05) is 28.8 Å². The van der Waals surface area contributed by atoms with Crippen molar-refractivity contribution in [2.45, 2.75) is 38.3 Å². The zero-order valence-electron chi connectivity index (χ0n) is 13.1. The first kappa shape index (κ1) is 16.5. The predicted molar refractivity (Wildman–Crippen MR) is 86.7 cm³/mol. The molecule has 6 heteroatoms. The number of benzene rings is 1. The molecule has 3 rings (SSSR count). The predicted octanol–water partition coefficient (Wildman–Crippen LogP) is 3.91. The molecule has 3 atom stereocenters. The molecule has 1 saturated heterocycles. The van der Waals surface area contributed by atoms with Crippen LogP contribution in [0.25, 0.3) is 0 Å². The molecule has 0 bridgehead atoms. The summed E-state index contributed by atoms with van der Waals surface area (Å²) >= 11 is 3.40. The van der Waals surface area contributed by atoms with Crippen molar-refractivity contribution in [1.82, 2.24) is 5.06 Å². The molecule has 0 aromatic heterocycles. The molecule has 124 valence electrons. The third-order valence-electron chi connectivity index (χ3n) is 5.01. The summed E-state index contributed by atoms with van der Waals surface area (Å²) in [5, 5.41) is 1.34. The second kappa shape index (κ2) is 5.60. The molecule has 0 unspecified atom stereocenters. The summed E-state index contributed by atoms with van der Waals surface area (Å²) in [7, 11) is 0. The van der Waals surface area contributed by atoms with E-state index < -0.39 is 11.0 Å². The molecular formula is C17H19BrFNO3. The third-order valence-corrected chi connectivity index (χ3v) is 5.50. The van der Waals surface area contributed by atoms with E-state index in [9.17, 15) is 9.18 Å². The van der Waals surface area contributed by atoms with Gasteiger partial charge in [-0.25, -0.2) is 9.45 Å². The van der Waals surface area contributed by atoms with Gasteiger partial charge in [-0.1, -0.05) is 29.4 Å². The van der Waals surface area contributed by atoms with Gasteiger partial charge >= 0.3 is 0 Å². The summed E-state index contributed by atoms with van der Waals surface area (Å²) in [6.45, 7) is 7.40. The van der Waals surface area contributed by atoms with E-state index in [1.807, 2.05) is 6.92 Å². The van der Waals surface area contributed by atoms with E-state index in [-0.39, 0.29) is 17.8 Å². The highest BCUT2D eigenvalue weighted by atomic mass is 79.9. The van der Waals surface area contributed by atoms with E-state index in [0.717, 1.165) is 4.47 Å². The van der Waals surface area contributed by atoms with Crippen LogP contribution in [0.4, 0.5) is 4.39 Å². The van der Waals surface area contributed by atoms with Gasteiger partial charge in [0.25, 0.3) is 0 Å². The Morgan fingerprint density at radius 3 is 2.96 bits per heavy atom. The molecule has 1 aliphatic carbocycles. The molecule has 23 heavy (non-hydrogen) atoms. The number of fused-ring (bicyclic) bond motifs is 1. The highest BCUT2D eigenvalue weighted by molar-refractivity contribution is 9.10. The van der Waals surface area contributed by atoms with Crippen LogP contribution in [0.5, 0.6) is 0 Å². The van der Waals surface area contributed by atoms with E-state index in [4.69, 9.17) is 9.57 Å². The molecule has 1 amide bonds. The van der Waals surface area contributed by atoms with Crippen LogP contribution in [0.3, 0.4) is 0 Å². The fourth-order valence-corrected chi connectivity index (χ4v) is 4.45. The van der Waals surface area contributed by atoms with Crippen molar-refractivity contribution in [2.24, 2.45) is 5.41 Å². The van der Waals surface area contributed by atoms with Gasteiger partial charge in [-0.15, -0.1) is 0 Å². The van der Waals surface area contributed by atoms with Crippen molar-refractivity contribution < 1.29 is 18.8 Å². The van der Waals surface area contributed by atoms with Gasteiger partial charge in [0.05, 0.1) is 12.9 Å². The number of carbonyl (C=O) groups is 1. The van der Waals surface area contributed by atoms with Gasteiger partial charge in [0.1, 0.15) is 17.5 Å². The van der Waals surface area contributed by atoms with E-state index in [1.165, 1.54) is 24.3 Å². The van der Waals surface area contributed by atoms with Gasteiger partial charge in [-0.05, 0) is 24.6 Å². The molecule has 0 radical (unpaired) electrons. The van der Waals surface area contributed by atoms with Crippen LogP contribution in [-0.4, -0.2) is 23.7 Å². The lowest BCUT2D eigenvalue weighted by atomic mass is 9.70. The van der Waals surface area contributed by atoms with E-state index in [2.05, 4.69) is 22.5 Å². The zero-order chi connectivity index (χ0) is 16.8. The minimum Gasteiger partial charge on any atom is -0.499 e. The number of ether oxygens (including phenoxy) is 1. The van der Waals surface area contributed by atoms with Crippen LogP contribution in [-0.2, 0) is 19.9 Å². The fraction of sp³-hybridized carbons (Fsp3) is 0.471. The van der Waals surface area contributed by atoms with Crippen molar-refractivity contribution >= 4 is 21.8 Å². The van der Waals surface area contributed by atoms with Crippen molar-refractivity contribution in [1.29, 1.82) is 0 Å². The van der Waals surface area contributed by atoms with Gasteiger partial charge in [0.2, 0.25) is 5.91 Å². The molecule has 0 spiro atoms. The van der Waals surface area contributed by atoms with Gasteiger partial charge < -0.3 is 4.74 Å². The van der Waals surface area contributed by atoms with Crippen molar-refractivity contribution in [3.8, 4) is 0 Å². The molecule has 1 aliphatic heterocycles. The first-order chi connectivity index (χ1) is 10.8. The van der Waals surface area contributed by atoms with Crippen LogP contribution in [0.2, 0.25) is 0 Å². The average Bonchev–Trinajstić information content (AvgIpc) is 2.90. The number of hydrogen-bond donors (Lipinski definition) is 0. The van der Waals surface area contributed by atoms with Crippen LogP contribution < -0.4 is 0 Å². The number of hydroxylamine groups is 2. The highest BCUT2D eigenvalue weighted by Gasteiger charge is 2.67. The normalized spacial score (nSPS) is 32.7. The Hall–Kier alpha value is -1.40. The molecule has 0 N–H and O–H groups in total. The maximum absolute atomic E-state index is 14.7. The van der Waals surface area contributed by atoms with E-state index in [1.54, 1.807) is 12.1 Å². The molecule has 1 aromatic rings. The summed E-state index contributed by atoms with van der Waals surface area (Å²) < 4.78 is 21.0. The van der Waals surface area contributed by atoms with Crippen LogP contribution in [0.1, 0.15) is 32.3 Å². The lowest BCUT2D eigenvalue weighted by Crippen LogP contribution is -2.49. The molecule has 1 saturated carbocycles. The topological polar surface area (TPSA) is 38.8 Å². The van der Waals surface area contributed by atoms with Gasteiger partial charge in [-0.3, -0.25) is 9.63 Å². The molecule has 2 aliphatic rings. The number of nitrogens with zero attached hydrogens (tertiary/aromatic N) is 1. The Labute approximate surface area is 143 Å². The summed E-state index contributed by atoms with van der Waals surface area (Å²) in [4.78, 5) is 17.9. The zero-order valence-corrected chi connectivity index (χ0v) is 14.7. The smallest absolute Gasteiger partial charge is 0.243 e. The molecular weight excluding hydrogens is 365 g/mol. The number of hydrogen-bond acceptors (Lipinski definition) is 3. The highest BCUT2D eigenvalue weighted by Crippen LogP contribution is 2.61. The number of carbonyl (C=O) groups excluding carboxylic acids is 1. The quantitative estimate of drug-likeness (QED) is 0.742. The summed E-state index contributed by atoms with van der Waals surface area (Å²) in [6, 6.07) is 4.79. The van der Waals surface area contributed by atoms with E-state index in [0.29, 0.717) is 25.0 Å². The average molecular weight is 384 g/mol. The second-order valence-corrected chi connectivity index (χ2v) is 7.38. The van der Waals surface area contributed by atoms with Crippen LogP contribution in [0, 0.1) is 11.2 Å². The monoisotopic (exact) mass is 383 g/mol. The Balaban J connectivity index is 2.20. The Bertz CT molecular complexity index is 667. The van der Waals surface area contributed by atoms with Crippen molar-refractivity contribution in [2.75, 3.05) is 6.61 Å². The Kier molecular flexibility index (Phi) is 4.01. The largest absolute Gasteiger partial charge is 0.499 e. The first-order valence-corrected chi connectivity index (χ1v) is 8.29. The first-order valence-electron chi connectivity index (χ1n) is 7.50. The van der Waals surface area contributed by atoms with Gasteiger partial charge in [-0.2, -0.15) is 0 Å². The standard InChI is InChI=1S/C17H19BrFNO3/c1-4-22-13-8-16(3)10-23-20(11(2)21)17(16,9-13)14-7-12(18)5-6-15(14)19/h4-7,13H,1,8-10H2,2-3H3/t13-,16-,17+/m0/s1. The summed E-state index contributed by atoms with van der Waals surface area (Å²) in [5.41, 5.74) is -0.869. The maximum atomic E-state index is 14.7. The maximum Gasteiger partial charge on any atom is 0.243 e. The molecule has 1 heterocycles. The molecule has 1 aromatic carbocycles. The lowest BCUT2D eigenvalue weighted by molar-refractivity contribution is -0.192. The lowest BCUT2D eigenvalue weighted by Gasteiger charge is -2.40. The van der Waals surface area contributed by atoms with E-state index >= 15 is 0 Å². The number of rotatable bonds is 3. The SMILES string of the molecule is C=CO[C@H]1C[C@@]2(C)CON(C(C)=O)[C@@]2(c2cc(Br)ccc2F)C1. The third kappa shape index (κ3) is 2.31. The van der Waals surface area contributed by atoms with Gasteiger partial charge in [0.15, 0.2) is 0 Å². The number of halogens is 2. The van der Waals surface area contributed by atoms with Crippen molar-refractivity contribution in [3.63, 3.8) is 0 Å². The molecule has 2 fully saturated rings. The second-order valence-electron chi connectivity index (χ2n) is 6.46. The van der Waals surface area contributed by atoms with Crippen LogP contribution >= 0.6 is 15.9 Å². The summed E-state index contributed by atoms with van der Waals surface area (Å²) in [5.74, 6) is -0.595. The fourth-order valence-electron chi connectivity index (χ4n) is 4.09. The molecule has 4 nitrogen and oxygen atoms in total. The minimum atomic E-state index is -0.889.